The highest BCUT2D eigenvalue weighted by Crippen LogP contribution is 2.36. The van der Waals surface area contributed by atoms with Crippen LogP contribution in [0.3, 0.4) is 0 Å². The van der Waals surface area contributed by atoms with Crippen LogP contribution >= 0.6 is 27.5 Å². The van der Waals surface area contributed by atoms with Crippen molar-refractivity contribution in [2.75, 3.05) is 30.2 Å². The van der Waals surface area contributed by atoms with E-state index in [0.717, 1.165) is 5.56 Å². The molecule has 0 unspecified atom stereocenters. The van der Waals surface area contributed by atoms with Gasteiger partial charge in [-0.15, -0.1) is 0 Å². The molecule has 1 aliphatic rings. The van der Waals surface area contributed by atoms with Gasteiger partial charge in [-0.1, -0.05) is 27.5 Å². The predicted octanol–water partition coefficient (Wildman–Crippen LogP) is 1.92. The van der Waals surface area contributed by atoms with Crippen molar-refractivity contribution in [3.05, 3.63) is 39.8 Å². The zero-order valence-electron chi connectivity index (χ0n) is 20.7. The van der Waals surface area contributed by atoms with Gasteiger partial charge < -0.3 is 26.3 Å². The number of anilines is 2. The molecule has 1 fully saturated rings. The van der Waals surface area contributed by atoms with Crippen LogP contribution in [-0.2, 0) is 11.3 Å². The molecule has 5 N–H and O–H groups in total. The first-order valence-electron chi connectivity index (χ1n) is 11.5. The number of imidazole rings is 1. The molecule has 30 heavy (non-hydrogen) atoms. The monoisotopic (exact) mass is 497 g/mol. The predicted molar refractivity (Wildman–Crippen MR) is 120 cm³/mol. The van der Waals surface area contributed by atoms with Crippen LogP contribution in [0.2, 0.25) is 5.02 Å². The Balaban J connectivity index is 1.63. The van der Waals surface area contributed by atoms with Gasteiger partial charge in [0.15, 0.2) is 11.5 Å². The SMILES string of the molecule is [2H]C([2H])([2H])C([2H])([2H])NC(=O)[C@@]1(N)CCN(c2cc(Cl)cc(Br)c2Cn2cnc3c(N)ncnc32)C1. The minimum Gasteiger partial charge on any atom is -0.382 e. The van der Waals surface area contributed by atoms with E-state index in [9.17, 15) is 4.79 Å². The smallest absolute Gasteiger partial charge is 0.241 e. The second-order valence-electron chi connectivity index (χ2n) is 7.10. The van der Waals surface area contributed by atoms with Crippen molar-refractivity contribution in [2.45, 2.75) is 25.4 Å². The van der Waals surface area contributed by atoms with Crippen LogP contribution in [0, 0.1) is 0 Å². The molecule has 1 atom stereocenters. The number of aromatic nitrogens is 4. The highest BCUT2D eigenvalue weighted by atomic mass is 79.9. The van der Waals surface area contributed by atoms with Crippen LogP contribution in [0.15, 0.2) is 29.3 Å². The summed E-state index contributed by atoms with van der Waals surface area (Å²) in [5, 5.41) is 2.41. The number of fused-ring (bicyclic) bond motifs is 1. The van der Waals surface area contributed by atoms with E-state index in [1.165, 1.54) is 6.33 Å². The summed E-state index contributed by atoms with van der Waals surface area (Å²) < 4.78 is 39.9. The summed E-state index contributed by atoms with van der Waals surface area (Å²) in [6.07, 6.45) is 3.13. The number of amides is 1. The fraction of sp³-hybridized carbons (Fsp3) is 0.368. The molecule has 1 amide bonds. The quantitative estimate of drug-likeness (QED) is 0.490. The first-order valence-corrected chi connectivity index (χ1v) is 10.1. The number of nitrogens with two attached hydrogens (primary N) is 2. The summed E-state index contributed by atoms with van der Waals surface area (Å²) in [5.41, 5.74) is 13.3. The van der Waals surface area contributed by atoms with Crippen molar-refractivity contribution in [1.29, 1.82) is 0 Å². The minimum atomic E-state index is -3.04. The van der Waals surface area contributed by atoms with Gasteiger partial charge in [-0.3, -0.25) is 4.79 Å². The van der Waals surface area contributed by atoms with Crippen molar-refractivity contribution in [3.8, 4) is 0 Å². The van der Waals surface area contributed by atoms with Crippen molar-refractivity contribution >= 4 is 56.1 Å². The molecule has 9 nitrogen and oxygen atoms in total. The fourth-order valence-electron chi connectivity index (χ4n) is 3.62. The highest BCUT2D eigenvalue weighted by Gasteiger charge is 2.41. The third kappa shape index (κ3) is 3.70. The van der Waals surface area contributed by atoms with Crippen LogP contribution in [0.25, 0.3) is 11.2 Å². The number of nitrogens with one attached hydrogen (secondary N) is 1. The van der Waals surface area contributed by atoms with Crippen LogP contribution in [-0.4, -0.2) is 50.6 Å². The van der Waals surface area contributed by atoms with Crippen molar-refractivity contribution in [2.24, 2.45) is 5.73 Å². The van der Waals surface area contributed by atoms with Gasteiger partial charge in [0.1, 0.15) is 17.4 Å². The van der Waals surface area contributed by atoms with E-state index in [4.69, 9.17) is 29.9 Å². The average molecular weight is 499 g/mol. The number of nitrogens with zero attached hydrogens (tertiary/aromatic N) is 5. The number of carbonyl (C=O) groups is 1. The van der Waals surface area contributed by atoms with E-state index in [-0.39, 0.29) is 18.8 Å². The Morgan fingerprint density at radius 1 is 1.47 bits per heavy atom. The Kier molecular flexibility index (Phi) is 4.11. The number of halogens is 2. The number of carbonyl (C=O) groups excluding carboxylic acids is 1. The molecule has 4 rings (SSSR count). The standard InChI is InChI=1S/C19H22BrClN8O/c1-2-24-18(30)19(23)3-4-28(8-19)14-6-11(21)5-13(20)12(14)7-29-10-27-15-16(22)25-9-26-17(15)29/h5-6,9-10H,2-4,7-8,23H2,1H3,(H,24,30)(H2,22,25,26)/t19-/m1/s1/i1D3,2D2. The Morgan fingerprint density at radius 3 is 3.10 bits per heavy atom. The number of benzene rings is 1. The van der Waals surface area contributed by atoms with Crippen LogP contribution in [0.5, 0.6) is 0 Å². The molecular formula is C19H22BrClN8O. The third-order valence-corrected chi connectivity index (χ3v) is 6.09. The maximum absolute atomic E-state index is 12.8. The highest BCUT2D eigenvalue weighted by molar-refractivity contribution is 9.10. The van der Waals surface area contributed by atoms with E-state index in [2.05, 4.69) is 30.9 Å². The lowest BCUT2D eigenvalue weighted by molar-refractivity contribution is -0.125. The Hall–Kier alpha value is -2.43. The maximum atomic E-state index is 12.8. The van der Waals surface area contributed by atoms with Crippen molar-refractivity contribution in [1.82, 2.24) is 24.8 Å². The molecule has 0 radical (unpaired) electrons. The van der Waals surface area contributed by atoms with E-state index >= 15 is 0 Å². The Morgan fingerprint density at radius 2 is 2.30 bits per heavy atom. The molecule has 1 saturated heterocycles. The summed E-state index contributed by atoms with van der Waals surface area (Å²) in [6.45, 7) is -5.24. The second-order valence-corrected chi connectivity index (χ2v) is 8.39. The van der Waals surface area contributed by atoms with E-state index in [1.807, 2.05) is 10.2 Å². The van der Waals surface area contributed by atoms with Gasteiger partial charge in [-0.25, -0.2) is 15.0 Å². The second kappa shape index (κ2) is 8.01. The molecule has 3 aromatic rings. The normalized spacial score (nSPS) is 22.2. The molecule has 11 heteroatoms. The molecule has 0 saturated carbocycles. The van der Waals surface area contributed by atoms with E-state index in [0.29, 0.717) is 39.4 Å². The zero-order valence-corrected chi connectivity index (χ0v) is 18.0. The first-order chi connectivity index (χ1) is 16.2. The van der Waals surface area contributed by atoms with Crippen molar-refractivity contribution < 1.29 is 11.6 Å². The third-order valence-electron chi connectivity index (χ3n) is 5.16. The van der Waals surface area contributed by atoms with Gasteiger partial charge in [0.05, 0.1) is 12.9 Å². The number of likely N-dealkylation sites (N-methyl/N-ethyl adjacent to an activating group) is 1. The number of rotatable bonds is 5. The summed E-state index contributed by atoms with van der Waals surface area (Å²) in [5.74, 6) is -0.615. The summed E-state index contributed by atoms with van der Waals surface area (Å²) in [4.78, 5) is 27.2. The average Bonchev–Trinajstić information content (AvgIpc) is 3.34. The molecule has 0 spiro atoms. The molecular weight excluding hydrogens is 472 g/mol. The lowest BCUT2D eigenvalue weighted by Gasteiger charge is -2.26. The molecule has 3 heterocycles. The Labute approximate surface area is 194 Å². The fourth-order valence-corrected chi connectivity index (χ4v) is 4.54. The number of nitrogen functional groups attached to an aromatic ring is 1. The van der Waals surface area contributed by atoms with Gasteiger partial charge in [0.2, 0.25) is 5.91 Å². The van der Waals surface area contributed by atoms with Gasteiger partial charge >= 0.3 is 0 Å². The Bertz CT molecular complexity index is 1300. The molecule has 0 bridgehead atoms. The summed E-state index contributed by atoms with van der Waals surface area (Å²) in [7, 11) is 0. The summed E-state index contributed by atoms with van der Waals surface area (Å²) >= 11 is 9.90. The summed E-state index contributed by atoms with van der Waals surface area (Å²) in [6, 6.07) is 3.49. The molecule has 1 aliphatic heterocycles. The number of hydrogen-bond acceptors (Lipinski definition) is 7. The number of hydrogen-bond donors (Lipinski definition) is 3. The van der Waals surface area contributed by atoms with Gasteiger partial charge in [-0.05, 0) is 25.4 Å². The van der Waals surface area contributed by atoms with Crippen LogP contribution in [0.1, 0.15) is 25.7 Å². The van der Waals surface area contributed by atoms with Crippen molar-refractivity contribution in [3.63, 3.8) is 0 Å². The molecule has 0 aliphatic carbocycles. The maximum Gasteiger partial charge on any atom is 0.241 e. The minimum absolute atomic E-state index is 0.0233. The van der Waals surface area contributed by atoms with Gasteiger partial charge in [-0.2, -0.15) is 0 Å². The topological polar surface area (TPSA) is 128 Å². The molecule has 158 valence electrons. The van der Waals surface area contributed by atoms with Crippen LogP contribution < -0.4 is 21.7 Å². The zero-order chi connectivity index (χ0) is 25.8. The first kappa shape index (κ1) is 15.4. The lowest BCUT2D eigenvalue weighted by Crippen LogP contribution is -2.55. The van der Waals surface area contributed by atoms with Gasteiger partial charge in [0.25, 0.3) is 0 Å². The molecule has 2 aromatic heterocycles. The largest absolute Gasteiger partial charge is 0.382 e. The lowest BCUT2D eigenvalue weighted by atomic mass is 9.99. The van der Waals surface area contributed by atoms with E-state index in [1.54, 1.807) is 23.0 Å². The van der Waals surface area contributed by atoms with E-state index < -0.39 is 24.8 Å². The van der Waals surface area contributed by atoms with Gasteiger partial charge in [0, 0.05) is 47.2 Å². The van der Waals surface area contributed by atoms with Crippen LogP contribution in [0.4, 0.5) is 11.5 Å². The molecule has 1 aromatic carbocycles.